The molecule has 3 heterocycles. The normalized spacial score (nSPS) is 18.0. The topological polar surface area (TPSA) is 52.7 Å². The van der Waals surface area contributed by atoms with Crippen molar-refractivity contribution < 1.29 is 9.52 Å². The third kappa shape index (κ3) is 3.91. The SMILES string of the molecule is OCCN1CCCN(Cc2coc(-c3cccs3)n2)CC1. The van der Waals surface area contributed by atoms with Crippen LogP contribution in [0.3, 0.4) is 0 Å². The molecule has 0 spiro atoms. The van der Waals surface area contributed by atoms with Crippen molar-refractivity contribution in [1.82, 2.24) is 14.8 Å². The Morgan fingerprint density at radius 3 is 2.90 bits per heavy atom. The molecule has 1 aliphatic rings. The largest absolute Gasteiger partial charge is 0.444 e. The summed E-state index contributed by atoms with van der Waals surface area (Å²) in [6.45, 7) is 6.02. The Morgan fingerprint density at radius 2 is 2.10 bits per heavy atom. The Kier molecular flexibility index (Phi) is 5.03. The third-order valence-corrected chi connectivity index (χ3v) is 4.62. The van der Waals surface area contributed by atoms with Gasteiger partial charge in [0.1, 0.15) is 6.26 Å². The van der Waals surface area contributed by atoms with Crippen molar-refractivity contribution in [2.24, 2.45) is 0 Å². The molecule has 0 aromatic carbocycles. The number of nitrogens with zero attached hydrogens (tertiary/aromatic N) is 3. The highest BCUT2D eigenvalue weighted by molar-refractivity contribution is 7.13. The molecule has 21 heavy (non-hydrogen) atoms. The first-order chi connectivity index (χ1) is 10.3. The molecule has 1 fully saturated rings. The van der Waals surface area contributed by atoms with Crippen LogP contribution in [0, 0.1) is 0 Å². The zero-order valence-electron chi connectivity index (χ0n) is 12.1. The van der Waals surface area contributed by atoms with Gasteiger partial charge in [0.25, 0.3) is 0 Å². The summed E-state index contributed by atoms with van der Waals surface area (Å²) in [5, 5.41) is 11.1. The van der Waals surface area contributed by atoms with Crippen molar-refractivity contribution in [3.05, 3.63) is 29.5 Å². The number of rotatable bonds is 5. The highest BCUT2D eigenvalue weighted by Gasteiger charge is 2.16. The van der Waals surface area contributed by atoms with Gasteiger partial charge in [-0.15, -0.1) is 11.3 Å². The molecule has 0 aliphatic carbocycles. The standard InChI is InChI=1S/C15H21N3O2S/c19-9-8-17-4-2-5-18(7-6-17)11-13-12-20-15(16-13)14-3-1-10-21-14/h1,3,10,12,19H,2,4-9,11H2. The number of hydrogen-bond donors (Lipinski definition) is 1. The van der Waals surface area contributed by atoms with E-state index in [2.05, 4.69) is 14.8 Å². The lowest BCUT2D eigenvalue weighted by atomic mass is 10.3. The molecule has 114 valence electrons. The van der Waals surface area contributed by atoms with Crippen LogP contribution in [0.5, 0.6) is 0 Å². The zero-order chi connectivity index (χ0) is 14.5. The van der Waals surface area contributed by atoms with Crippen molar-refractivity contribution in [2.45, 2.75) is 13.0 Å². The molecular weight excluding hydrogens is 286 g/mol. The van der Waals surface area contributed by atoms with Gasteiger partial charge < -0.3 is 9.52 Å². The Bertz CT molecular complexity index is 541. The molecule has 1 aliphatic heterocycles. The van der Waals surface area contributed by atoms with Gasteiger partial charge in [0.15, 0.2) is 0 Å². The first-order valence-corrected chi connectivity index (χ1v) is 8.27. The van der Waals surface area contributed by atoms with Crippen LogP contribution < -0.4 is 0 Å². The number of β-amino-alcohol motifs (C(OH)–C–C–N with tert-alkyl or cyclic N) is 1. The van der Waals surface area contributed by atoms with E-state index in [9.17, 15) is 0 Å². The molecule has 1 saturated heterocycles. The number of aliphatic hydroxyl groups excluding tert-OH is 1. The summed E-state index contributed by atoms with van der Waals surface area (Å²) in [5.41, 5.74) is 0.994. The van der Waals surface area contributed by atoms with E-state index in [1.807, 2.05) is 17.5 Å². The molecule has 0 saturated carbocycles. The Hall–Kier alpha value is -1.21. The quantitative estimate of drug-likeness (QED) is 0.914. The minimum atomic E-state index is 0.244. The van der Waals surface area contributed by atoms with Gasteiger partial charge in [-0.3, -0.25) is 9.80 Å². The van der Waals surface area contributed by atoms with Crippen LogP contribution in [0.2, 0.25) is 0 Å². The maximum absolute atomic E-state index is 9.03. The Balaban J connectivity index is 1.57. The molecule has 6 heteroatoms. The van der Waals surface area contributed by atoms with Gasteiger partial charge in [-0.2, -0.15) is 0 Å². The smallest absolute Gasteiger partial charge is 0.236 e. The number of hydrogen-bond acceptors (Lipinski definition) is 6. The van der Waals surface area contributed by atoms with Crippen LogP contribution in [-0.4, -0.2) is 59.2 Å². The lowest BCUT2D eigenvalue weighted by molar-refractivity contribution is 0.195. The van der Waals surface area contributed by atoms with Crippen LogP contribution in [0.4, 0.5) is 0 Å². The molecule has 1 N–H and O–H groups in total. The lowest BCUT2D eigenvalue weighted by Gasteiger charge is -2.20. The van der Waals surface area contributed by atoms with Crippen LogP contribution in [0.15, 0.2) is 28.2 Å². The van der Waals surface area contributed by atoms with Crippen molar-refractivity contribution in [3.63, 3.8) is 0 Å². The van der Waals surface area contributed by atoms with E-state index in [-0.39, 0.29) is 6.61 Å². The van der Waals surface area contributed by atoms with Crippen molar-refractivity contribution in [1.29, 1.82) is 0 Å². The number of aliphatic hydroxyl groups is 1. The van der Waals surface area contributed by atoms with E-state index in [0.717, 1.165) is 62.2 Å². The first-order valence-electron chi connectivity index (χ1n) is 7.39. The van der Waals surface area contributed by atoms with Crippen LogP contribution in [-0.2, 0) is 6.54 Å². The van der Waals surface area contributed by atoms with Crippen LogP contribution in [0.25, 0.3) is 10.8 Å². The summed E-state index contributed by atoms with van der Waals surface area (Å²) >= 11 is 1.64. The van der Waals surface area contributed by atoms with Gasteiger partial charge >= 0.3 is 0 Å². The number of thiophene rings is 1. The first kappa shape index (κ1) is 14.7. The van der Waals surface area contributed by atoms with E-state index in [0.29, 0.717) is 0 Å². The zero-order valence-corrected chi connectivity index (χ0v) is 12.9. The fraction of sp³-hybridized carbons (Fsp3) is 0.533. The van der Waals surface area contributed by atoms with Crippen molar-refractivity contribution in [3.8, 4) is 10.8 Å². The Labute approximate surface area is 128 Å². The number of oxazole rings is 1. The molecule has 0 bridgehead atoms. The summed E-state index contributed by atoms with van der Waals surface area (Å²) in [5.74, 6) is 0.719. The highest BCUT2D eigenvalue weighted by atomic mass is 32.1. The molecule has 5 nitrogen and oxygen atoms in total. The summed E-state index contributed by atoms with van der Waals surface area (Å²) in [6.07, 6.45) is 2.90. The van der Waals surface area contributed by atoms with Gasteiger partial charge in [0.05, 0.1) is 17.2 Å². The molecule has 0 amide bonds. The van der Waals surface area contributed by atoms with Gasteiger partial charge in [-0.1, -0.05) is 6.07 Å². The van der Waals surface area contributed by atoms with Gasteiger partial charge in [-0.05, 0) is 31.0 Å². The second-order valence-electron chi connectivity index (χ2n) is 5.32. The van der Waals surface area contributed by atoms with Gasteiger partial charge in [-0.25, -0.2) is 4.98 Å². The fourth-order valence-electron chi connectivity index (χ4n) is 2.67. The second kappa shape index (κ2) is 7.17. The van der Waals surface area contributed by atoms with Crippen molar-refractivity contribution >= 4 is 11.3 Å². The lowest BCUT2D eigenvalue weighted by Crippen LogP contribution is -2.32. The minimum absolute atomic E-state index is 0.244. The average molecular weight is 307 g/mol. The van der Waals surface area contributed by atoms with Crippen molar-refractivity contribution in [2.75, 3.05) is 39.3 Å². The van der Waals surface area contributed by atoms with E-state index < -0.39 is 0 Å². The van der Waals surface area contributed by atoms with Gasteiger partial charge in [0, 0.05) is 26.2 Å². The maximum atomic E-state index is 9.03. The van der Waals surface area contributed by atoms with E-state index in [4.69, 9.17) is 9.52 Å². The predicted molar refractivity (Wildman–Crippen MR) is 83.2 cm³/mol. The molecule has 2 aromatic rings. The van der Waals surface area contributed by atoms with E-state index >= 15 is 0 Å². The molecule has 2 aromatic heterocycles. The van der Waals surface area contributed by atoms with E-state index in [1.54, 1.807) is 17.6 Å². The molecular formula is C15H21N3O2S. The van der Waals surface area contributed by atoms with Crippen LogP contribution in [0.1, 0.15) is 12.1 Å². The third-order valence-electron chi connectivity index (χ3n) is 3.77. The maximum Gasteiger partial charge on any atom is 0.236 e. The van der Waals surface area contributed by atoms with Crippen LogP contribution >= 0.6 is 11.3 Å². The second-order valence-corrected chi connectivity index (χ2v) is 6.26. The van der Waals surface area contributed by atoms with E-state index in [1.165, 1.54) is 0 Å². The summed E-state index contributed by atoms with van der Waals surface area (Å²) in [6, 6.07) is 4.04. The molecule has 0 radical (unpaired) electrons. The average Bonchev–Trinajstić information content (AvgIpc) is 3.10. The monoisotopic (exact) mass is 307 g/mol. The highest BCUT2D eigenvalue weighted by Crippen LogP contribution is 2.24. The minimum Gasteiger partial charge on any atom is -0.444 e. The number of aromatic nitrogens is 1. The molecule has 3 rings (SSSR count). The Morgan fingerprint density at radius 1 is 1.24 bits per heavy atom. The summed E-state index contributed by atoms with van der Waals surface area (Å²) in [7, 11) is 0. The van der Waals surface area contributed by atoms with Gasteiger partial charge in [0.2, 0.25) is 5.89 Å². The molecule has 0 atom stereocenters. The molecule has 0 unspecified atom stereocenters. The fourth-order valence-corrected chi connectivity index (χ4v) is 3.33. The summed E-state index contributed by atoms with van der Waals surface area (Å²) < 4.78 is 5.57. The summed E-state index contributed by atoms with van der Waals surface area (Å²) in [4.78, 5) is 10.4. The predicted octanol–water partition coefficient (Wildman–Crippen LogP) is 1.90.